The van der Waals surface area contributed by atoms with Crippen molar-refractivity contribution in [2.75, 3.05) is 24.2 Å². The van der Waals surface area contributed by atoms with Crippen molar-refractivity contribution in [1.29, 1.82) is 0 Å². The third-order valence-electron chi connectivity index (χ3n) is 5.12. The zero-order valence-corrected chi connectivity index (χ0v) is 19.6. The Bertz CT molecular complexity index is 908. The van der Waals surface area contributed by atoms with Crippen LogP contribution in [0.3, 0.4) is 0 Å². The minimum absolute atomic E-state index is 0.243. The van der Waals surface area contributed by atoms with Gasteiger partial charge in [-0.3, -0.25) is 10.1 Å². The number of hydrogen-bond acceptors (Lipinski definition) is 6. The van der Waals surface area contributed by atoms with Crippen LogP contribution in [-0.2, 0) is 6.54 Å². The zero-order chi connectivity index (χ0) is 20.8. The molecule has 1 saturated heterocycles. The van der Waals surface area contributed by atoms with Crippen molar-refractivity contribution in [2.24, 2.45) is 0 Å². The molecule has 0 amide bonds. The maximum Gasteiger partial charge on any atom is 0.295 e. The second kappa shape index (κ2) is 10.1. The number of nitrogens with zero attached hydrogens (tertiary/aromatic N) is 3. The maximum atomic E-state index is 11.7. The number of nitrogens with one attached hydrogen (secondary N) is 1. The van der Waals surface area contributed by atoms with Gasteiger partial charge in [-0.05, 0) is 42.0 Å². The van der Waals surface area contributed by atoms with Gasteiger partial charge in [-0.25, -0.2) is 4.98 Å². The van der Waals surface area contributed by atoms with E-state index in [-0.39, 0.29) is 10.6 Å². The third-order valence-corrected chi connectivity index (χ3v) is 9.09. The minimum Gasteiger partial charge on any atom is -0.365 e. The summed E-state index contributed by atoms with van der Waals surface area (Å²) >= 11 is 7.51. The first-order valence-corrected chi connectivity index (χ1v) is 12.8. The van der Waals surface area contributed by atoms with Gasteiger partial charge in [0.2, 0.25) is 0 Å². The molecule has 2 heterocycles. The van der Waals surface area contributed by atoms with Crippen LogP contribution in [-0.4, -0.2) is 48.5 Å². The highest BCUT2D eigenvalue weighted by Crippen LogP contribution is 2.20. The van der Waals surface area contributed by atoms with E-state index in [1.165, 1.54) is 16.3 Å². The Morgan fingerprint density at radius 3 is 2.93 bits per heavy atom. The normalized spacial score (nSPS) is 15.8. The van der Waals surface area contributed by atoms with Gasteiger partial charge in [-0.15, -0.1) is 0 Å². The number of rotatable bonds is 8. The van der Waals surface area contributed by atoms with Crippen molar-refractivity contribution in [3.63, 3.8) is 0 Å². The van der Waals surface area contributed by atoms with Gasteiger partial charge < -0.3 is 10.2 Å². The third kappa shape index (κ3) is 5.74. The fraction of sp³-hybridized carbons (Fsp3) is 0.350. The van der Waals surface area contributed by atoms with E-state index in [4.69, 9.17) is 11.6 Å². The van der Waals surface area contributed by atoms with Crippen LogP contribution in [0, 0.1) is 24.0 Å². The van der Waals surface area contributed by atoms with E-state index >= 15 is 0 Å². The molecule has 6 nitrogen and oxygen atoms in total. The lowest BCUT2D eigenvalue weighted by Gasteiger charge is -2.19. The van der Waals surface area contributed by atoms with E-state index in [0.29, 0.717) is 29.8 Å². The maximum absolute atomic E-state index is 11.7. The number of pyridine rings is 1. The van der Waals surface area contributed by atoms with E-state index < -0.39 is 9.52 Å². The molecule has 3 rings (SSSR count). The van der Waals surface area contributed by atoms with Crippen LogP contribution in [0.15, 0.2) is 48.0 Å². The molecule has 0 bridgehead atoms. The lowest BCUT2D eigenvalue weighted by atomic mass is 10.1. The van der Waals surface area contributed by atoms with Crippen molar-refractivity contribution in [1.82, 2.24) is 15.2 Å². The molecular weight excluding hydrogens is 424 g/mol. The van der Waals surface area contributed by atoms with Crippen LogP contribution < -0.4 is 10.5 Å². The first kappa shape index (κ1) is 21.7. The van der Waals surface area contributed by atoms with Gasteiger partial charge in [-0.2, -0.15) is 11.8 Å². The predicted molar refractivity (Wildman–Crippen MR) is 123 cm³/mol. The van der Waals surface area contributed by atoms with Crippen molar-refractivity contribution in [3.05, 3.63) is 80.0 Å². The summed E-state index contributed by atoms with van der Waals surface area (Å²) in [6.45, 7) is 6.31. The summed E-state index contributed by atoms with van der Waals surface area (Å²) < 4.78 is 0. The van der Waals surface area contributed by atoms with E-state index in [1.807, 2.05) is 11.0 Å². The molecule has 29 heavy (non-hydrogen) atoms. The molecular formula is C20H25ClN4O2SSi. The van der Waals surface area contributed by atoms with E-state index in [2.05, 4.69) is 42.3 Å². The number of benzene rings is 1. The second-order valence-corrected chi connectivity index (χ2v) is 11.0. The Kier molecular flexibility index (Phi) is 7.57. The quantitative estimate of drug-likeness (QED) is 0.220. The molecule has 0 aliphatic carbocycles. The predicted octanol–water partition coefficient (Wildman–Crippen LogP) is 2.39. The molecule has 0 unspecified atom stereocenters. The average molecular weight is 449 g/mol. The van der Waals surface area contributed by atoms with Gasteiger partial charge in [0.15, 0.2) is 5.82 Å². The molecule has 1 aromatic carbocycles. The number of halogens is 1. The molecule has 1 fully saturated rings. The lowest BCUT2D eigenvalue weighted by molar-refractivity contribution is -0.425. The van der Waals surface area contributed by atoms with Crippen molar-refractivity contribution < 1.29 is 4.92 Å². The van der Waals surface area contributed by atoms with Crippen molar-refractivity contribution in [3.8, 4) is 0 Å². The number of hydrogen-bond donors (Lipinski definition) is 1. The van der Waals surface area contributed by atoms with Crippen LogP contribution in [0.4, 0.5) is 0 Å². The summed E-state index contributed by atoms with van der Waals surface area (Å²) in [6, 6.07) is 10.1. The molecule has 1 N–H and O–H groups in total. The Hall–Kier alpha value is -2.03. The first-order chi connectivity index (χ1) is 14.0. The van der Waals surface area contributed by atoms with Gasteiger partial charge in [0.1, 0.15) is 5.15 Å². The smallest absolute Gasteiger partial charge is 0.295 e. The molecule has 2 aromatic rings. The fourth-order valence-corrected chi connectivity index (χ4v) is 6.88. The van der Waals surface area contributed by atoms with Crippen LogP contribution in [0.5, 0.6) is 0 Å². The number of nitro groups is 1. The van der Waals surface area contributed by atoms with Crippen LogP contribution in [0.2, 0.25) is 5.15 Å². The summed E-state index contributed by atoms with van der Waals surface area (Å²) in [5.41, 5.74) is 3.92. The van der Waals surface area contributed by atoms with Crippen molar-refractivity contribution >= 4 is 38.1 Å². The monoisotopic (exact) mass is 448 g/mol. The number of aryl methyl sites for hydroxylation is 1. The zero-order valence-electron chi connectivity index (χ0n) is 16.7. The molecule has 0 saturated carbocycles. The fourth-order valence-electron chi connectivity index (χ4n) is 3.34. The topological polar surface area (TPSA) is 71.3 Å². The highest BCUT2D eigenvalue weighted by Gasteiger charge is 2.27. The average Bonchev–Trinajstić information content (AvgIpc) is 3.14. The first-order valence-electron chi connectivity index (χ1n) is 9.55. The summed E-state index contributed by atoms with van der Waals surface area (Å²) in [6.07, 6.45) is 1.72. The molecule has 154 valence electrons. The highest BCUT2D eigenvalue weighted by atomic mass is 35.5. The van der Waals surface area contributed by atoms with Gasteiger partial charge in [0.05, 0.1) is 20.2 Å². The summed E-state index contributed by atoms with van der Waals surface area (Å²) in [5, 5.41) is 17.8. The molecule has 1 aromatic heterocycles. The Labute approximate surface area is 182 Å². The van der Waals surface area contributed by atoms with Crippen LogP contribution >= 0.6 is 23.4 Å². The lowest BCUT2D eigenvalue weighted by Crippen LogP contribution is -2.25. The van der Waals surface area contributed by atoms with E-state index in [9.17, 15) is 10.1 Å². The standard InChI is InChI=1S/C20H25ClN4O2SSi/c1-14-4-3-5-18(15(14)2)29-13-28-12-17(25(26)27)20-22-8-9-24(20)11-16-6-7-19(21)23-10-16/h3-7,10,22H,8-9,11-13,29H2,1-2H3. The Morgan fingerprint density at radius 1 is 1.38 bits per heavy atom. The molecule has 9 heteroatoms. The molecule has 0 atom stereocenters. The Balaban J connectivity index is 1.64. The number of thioether (sulfide) groups is 1. The molecule has 1 aliphatic rings. The Morgan fingerprint density at radius 2 is 2.21 bits per heavy atom. The van der Waals surface area contributed by atoms with Gasteiger partial charge in [-0.1, -0.05) is 41.1 Å². The largest absolute Gasteiger partial charge is 0.365 e. The summed E-state index contributed by atoms with van der Waals surface area (Å²) in [5.74, 6) is 1.04. The molecule has 0 spiro atoms. The minimum atomic E-state index is -0.452. The van der Waals surface area contributed by atoms with Crippen LogP contribution in [0.25, 0.3) is 0 Å². The SMILES string of the molecule is Cc1cccc([SiH2]CSCC(=C2NCCN2Cc2ccc(Cl)nc2)[N+](=O)[O-])c1C. The second-order valence-electron chi connectivity index (χ2n) is 7.05. The highest BCUT2D eigenvalue weighted by molar-refractivity contribution is 8.00. The van der Waals surface area contributed by atoms with Gasteiger partial charge >= 0.3 is 0 Å². The van der Waals surface area contributed by atoms with E-state index in [0.717, 1.165) is 17.5 Å². The molecule has 1 aliphatic heterocycles. The van der Waals surface area contributed by atoms with E-state index in [1.54, 1.807) is 24.0 Å². The summed E-state index contributed by atoms with van der Waals surface area (Å²) in [7, 11) is -0.452. The summed E-state index contributed by atoms with van der Waals surface area (Å²) in [4.78, 5) is 17.6. The van der Waals surface area contributed by atoms with Gasteiger partial charge in [0.25, 0.3) is 5.70 Å². The van der Waals surface area contributed by atoms with Gasteiger partial charge in [0, 0.05) is 25.8 Å². The number of aromatic nitrogens is 1. The molecule has 0 radical (unpaired) electrons. The van der Waals surface area contributed by atoms with Crippen molar-refractivity contribution in [2.45, 2.75) is 20.4 Å². The van der Waals surface area contributed by atoms with Crippen LogP contribution in [0.1, 0.15) is 16.7 Å².